The molecule has 2 aromatic heterocycles. The van der Waals surface area contributed by atoms with Gasteiger partial charge in [0.25, 0.3) is 0 Å². The fourth-order valence-electron chi connectivity index (χ4n) is 3.99. The van der Waals surface area contributed by atoms with Gasteiger partial charge < -0.3 is 9.88 Å². The monoisotopic (exact) mass is 398 g/mol. The average Bonchev–Trinajstić information content (AvgIpc) is 3.03. The van der Waals surface area contributed by atoms with E-state index in [9.17, 15) is 0 Å². The van der Waals surface area contributed by atoms with Gasteiger partial charge in [0.05, 0.1) is 11.4 Å². The van der Waals surface area contributed by atoms with E-state index in [1.54, 1.807) is 0 Å². The number of rotatable bonds is 6. The zero-order valence-electron chi connectivity index (χ0n) is 18.5. The molecule has 4 rings (SSSR count). The summed E-state index contributed by atoms with van der Waals surface area (Å²) in [6, 6.07) is 21.0. The highest BCUT2D eigenvalue weighted by Gasteiger charge is 2.22. The van der Waals surface area contributed by atoms with E-state index in [1.165, 1.54) is 16.8 Å². The van der Waals surface area contributed by atoms with Gasteiger partial charge in [0.1, 0.15) is 11.5 Å². The molecule has 0 aliphatic carbocycles. The van der Waals surface area contributed by atoms with Crippen LogP contribution in [0.4, 0.5) is 5.82 Å². The van der Waals surface area contributed by atoms with E-state index in [1.807, 2.05) is 18.2 Å². The molecule has 30 heavy (non-hydrogen) atoms. The predicted molar refractivity (Wildman–Crippen MR) is 126 cm³/mol. The number of benzene rings is 2. The Bertz CT molecular complexity index is 1140. The van der Waals surface area contributed by atoms with Crippen LogP contribution >= 0.6 is 0 Å². The van der Waals surface area contributed by atoms with Gasteiger partial charge in [0, 0.05) is 17.8 Å². The van der Waals surface area contributed by atoms with Gasteiger partial charge in [-0.05, 0) is 37.8 Å². The number of nitrogens with zero attached hydrogens (tertiary/aromatic N) is 3. The van der Waals surface area contributed by atoms with E-state index in [4.69, 9.17) is 9.97 Å². The number of aryl methyl sites for hydroxylation is 1. The number of hydrogen-bond donors (Lipinski definition) is 1. The summed E-state index contributed by atoms with van der Waals surface area (Å²) in [6.45, 7) is 11.9. The van der Waals surface area contributed by atoms with Crippen molar-refractivity contribution in [1.82, 2.24) is 14.5 Å². The molecule has 4 heteroatoms. The number of hydrogen-bond acceptors (Lipinski definition) is 3. The molecule has 0 aliphatic heterocycles. The zero-order valence-corrected chi connectivity index (χ0v) is 18.5. The Morgan fingerprint density at radius 2 is 1.50 bits per heavy atom. The lowest BCUT2D eigenvalue weighted by Crippen LogP contribution is -2.12. The molecule has 1 unspecified atom stereocenters. The highest BCUT2D eigenvalue weighted by molar-refractivity contribution is 5.93. The third-order valence-corrected chi connectivity index (χ3v) is 5.78. The summed E-state index contributed by atoms with van der Waals surface area (Å²) in [5.41, 5.74) is 5.75. The van der Waals surface area contributed by atoms with Crippen molar-refractivity contribution >= 4 is 16.9 Å². The average molecular weight is 399 g/mol. The summed E-state index contributed by atoms with van der Waals surface area (Å²) in [5.74, 6) is 2.21. The Morgan fingerprint density at radius 1 is 0.867 bits per heavy atom. The molecule has 0 bridgehead atoms. The van der Waals surface area contributed by atoms with Crippen molar-refractivity contribution in [3.05, 3.63) is 77.5 Å². The Labute approximate surface area is 179 Å². The van der Waals surface area contributed by atoms with Crippen molar-refractivity contribution in [1.29, 1.82) is 0 Å². The molecule has 0 aliphatic rings. The lowest BCUT2D eigenvalue weighted by molar-refractivity contribution is 0.639. The quantitative estimate of drug-likeness (QED) is 0.409. The summed E-state index contributed by atoms with van der Waals surface area (Å²) >= 11 is 0. The van der Waals surface area contributed by atoms with Crippen molar-refractivity contribution in [3.63, 3.8) is 0 Å². The van der Waals surface area contributed by atoms with Gasteiger partial charge >= 0.3 is 0 Å². The fraction of sp³-hybridized carbons (Fsp3) is 0.308. The van der Waals surface area contributed by atoms with E-state index in [2.05, 4.69) is 87.0 Å². The Kier molecular flexibility index (Phi) is 5.58. The fourth-order valence-corrected chi connectivity index (χ4v) is 3.99. The minimum atomic E-state index is 0.180. The van der Waals surface area contributed by atoms with E-state index < -0.39 is 0 Å². The van der Waals surface area contributed by atoms with Crippen molar-refractivity contribution in [3.8, 4) is 11.4 Å². The van der Waals surface area contributed by atoms with Gasteiger partial charge in [0.2, 0.25) is 0 Å². The second-order valence-corrected chi connectivity index (χ2v) is 8.40. The second-order valence-electron chi connectivity index (χ2n) is 8.40. The highest BCUT2D eigenvalue weighted by Crippen LogP contribution is 2.35. The van der Waals surface area contributed by atoms with Crippen molar-refractivity contribution < 1.29 is 0 Å². The molecule has 154 valence electrons. The summed E-state index contributed by atoms with van der Waals surface area (Å²) in [4.78, 5) is 10.0. The molecule has 0 saturated heterocycles. The third kappa shape index (κ3) is 3.70. The summed E-state index contributed by atoms with van der Waals surface area (Å²) in [5, 5.41) is 4.71. The smallest absolute Gasteiger partial charge is 0.163 e. The number of fused-ring (bicyclic) bond motifs is 1. The van der Waals surface area contributed by atoms with Crippen LogP contribution in [-0.4, -0.2) is 21.1 Å². The lowest BCUT2D eigenvalue weighted by atomic mass is 10.1. The number of nitrogens with one attached hydrogen (secondary N) is 1. The molecule has 1 N–H and O–H groups in total. The van der Waals surface area contributed by atoms with Gasteiger partial charge in [-0.15, -0.1) is 0 Å². The SMILES string of the molecule is Cc1c(C)n(C(C)c2ccccc2)c2nc(-c3ccccc3)nc(NCC(C)C)c12. The van der Waals surface area contributed by atoms with Crippen molar-refractivity contribution in [2.24, 2.45) is 5.92 Å². The molecule has 0 amide bonds. The molecular formula is C26H30N4. The third-order valence-electron chi connectivity index (χ3n) is 5.78. The molecule has 4 nitrogen and oxygen atoms in total. The van der Waals surface area contributed by atoms with Crippen LogP contribution in [0.2, 0.25) is 0 Å². The van der Waals surface area contributed by atoms with E-state index in [0.29, 0.717) is 5.92 Å². The molecule has 0 saturated carbocycles. The Hall–Kier alpha value is -3.14. The normalized spacial score (nSPS) is 12.5. The zero-order chi connectivity index (χ0) is 21.3. The van der Waals surface area contributed by atoms with Gasteiger partial charge in [0.15, 0.2) is 5.82 Å². The van der Waals surface area contributed by atoms with Crippen molar-refractivity contribution in [2.45, 2.75) is 40.7 Å². The van der Waals surface area contributed by atoms with Gasteiger partial charge in [-0.3, -0.25) is 0 Å². The van der Waals surface area contributed by atoms with Crippen LogP contribution < -0.4 is 5.32 Å². The van der Waals surface area contributed by atoms with E-state index in [-0.39, 0.29) is 6.04 Å². The number of anilines is 1. The molecule has 2 aromatic carbocycles. The first-order valence-electron chi connectivity index (χ1n) is 10.7. The molecule has 2 heterocycles. The minimum absolute atomic E-state index is 0.180. The first-order valence-corrected chi connectivity index (χ1v) is 10.7. The molecule has 0 spiro atoms. The van der Waals surface area contributed by atoms with Crippen molar-refractivity contribution in [2.75, 3.05) is 11.9 Å². The van der Waals surface area contributed by atoms with Crippen LogP contribution in [0.5, 0.6) is 0 Å². The Balaban J connectivity index is 1.96. The minimum Gasteiger partial charge on any atom is -0.369 e. The molecule has 4 aromatic rings. The van der Waals surface area contributed by atoms with Gasteiger partial charge in [-0.2, -0.15) is 0 Å². The van der Waals surface area contributed by atoms with E-state index in [0.717, 1.165) is 34.8 Å². The molecular weight excluding hydrogens is 368 g/mol. The van der Waals surface area contributed by atoms with Crippen LogP contribution in [0.15, 0.2) is 60.7 Å². The van der Waals surface area contributed by atoms with Crippen LogP contribution in [0.1, 0.15) is 43.6 Å². The van der Waals surface area contributed by atoms with Crippen LogP contribution in [0.25, 0.3) is 22.4 Å². The second kappa shape index (κ2) is 8.31. The standard InChI is InChI=1S/C26H30N4/c1-17(2)16-27-25-23-18(3)19(4)30(20(5)21-12-8-6-9-13-21)26(23)29-24(28-25)22-14-10-7-11-15-22/h6-15,17,20H,16H2,1-5H3,(H,27,28,29). The number of aromatic nitrogens is 3. The maximum Gasteiger partial charge on any atom is 0.163 e. The topological polar surface area (TPSA) is 42.7 Å². The predicted octanol–water partition coefficient (Wildman–Crippen LogP) is 6.39. The van der Waals surface area contributed by atoms with E-state index >= 15 is 0 Å². The first-order chi connectivity index (χ1) is 14.5. The maximum atomic E-state index is 5.07. The summed E-state index contributed by atoms with van der Waals surface area (Å²) in [6.07, 6.45) is 0. The molecule has 0 radical (unpaired) electrons. The van der Waals surface area contributed by atoms with Crippen LogP contribution in [0.3, 0.4) is 0 Å². The maximum absolute atomic E-state index is 5.07. The van der Waals surface area contributed by atoms with Gasteiger partial charge in [-0.25, -0.2) is 9.97 Å². The molecule has 1 atom stereocenters. The van der Waals surface area contributed by atoms with Gasteiger partial charge in [-0.1, -0.05) is 74.5 Å². The Morgan fingerprint density at radius 3 is 2.13 bits per heavy atom. The highest BCUT2D eigenvalue weighted by atomic mass is 15.1. The first kappa shape index (κ1) is 20.1. The lowest BCUT2D eigenvalue weighted by Gasteiger charge is -2.18. The largest absolute Gasteiger partial charge is 0.369 e. The summed E-state index contributed by atoms with van der Waals surface area (Å²) in [7, 11) is 0. The molecule has 0 fully saturated rings. The van der Waals surface area contributed by atoms with Crippen LogP contribution in [-0.2, 0) is 0 Å². The summed E-state index contributed by atoms with van der Waals surface area (Å²) < 4.78 is 2.36. The van der Waals surface area contributed by atoms with Crippen LogP contribution in [0, 0.1) is 19.8 Å².